The maximum Gasteiger partial charge on any atom is 0.0991 e. The highest BCUT2D eigenvalue weighted by Crippen LogP contribution is 2.15. The quantitative estimate of drug-likeness (QED) is 0.752. The number of methoxy groups -OCH3 is 1. The Labute approximate surface area is 120 Å². The third kappa shape index (κ3) is 4.18. The molecule has 0 aliphatic carbocycles. The zero-order chi connectivity index (χ0) is 14.2. The number of hydrogen-bond donors (Lipinski definition) is 1. The number of nitrogens with zero attached hydrogens (tertiary/aromatic N) is 2. The van der Waals surface area contributed by atoms with Crippen molar-refractivity contribution in [3.63, 3.8) is 0 Å². The molecule has 0 spiro atoms. The molecule has 0 bridgehead atoms. The normalized spacial score (nSPS) is 12.5. The van der Waals surface area contributed by atoms with E-state index in [1.807, 2.05) is 17.1 Å². The van der Waals surface area contributed by atoms with E-state index >= 15 is 0 Å². The molecule has 0 saturated heterocycles. The van der Waals surface area contributed by atoms with Crippen molar-refractivity contribution in [1.82, 2.24) is 14.9 Å². The summed E-state index contributed by atoms with van der Waals surface area (Å²) >= 11 is 0. The van der Waals surface area contributed by atoms with E-state index < -0.39 is 0 Å². The van der Waals surface area contributed by atoms with Gasteiger partial charge in [0.2, 0.25) is 0 Å². The van der Waals surface area contributed by atoms with Crippen LogP contribution in [0, 0.1) is 0 Å². The number of rotatable bonds is 8. The Bertz CT molecular complexity index is 479. The summed E-state index contributed by atoms with van der Waals surface area (Å²) in [6.45, 7) is 4.06. The van der Waals surface area contributed by atoms with Crippen LogP contribution in [0.4, 0.5) is 0 Å². The molecule has 4 heteroatoms. The Morgan fingerprint density at radius 2 is 2.05 bits per heavy atom. The fourth-order valence-corrected chi connectivity index (χ4v) is 2.15. The van der Waals surface area contributed by atoms with Crippen molar-refractivity contribution < 1.29 is 4.74 Å². The van der Waals surface area contributed by atoms with E-state index in [9.17, 15) is 0 Å². The molecule has 1 atom stereocenters. The molecule has 1 heterocycles. The Kier molecular flexibility index (Phi) is 5.77. The first-order valence-electron chi connectivity index (χ1n) is 7.12. The number of unbranched alkanes of at least 4 members (excludes halogenated alkanes) is 1. The third-order valence-corrected chi connectivity index (χ3v) is 3.42. The first-order valence-corrected chi connectivity index (χ1v) is 7.12. The van der Waals surface area contributed by atoms with E-state index in [4.69, 9.17) is 4.74 Å². The number of benzene rings is 1. The molecule has 0 fully saturated rings. The first kappa shape index (κ1) is 14.8. The third-order valence-electron chi connectivity index (χ3n) is 3.42. The van der Waals surface area contributed by atoms with Crippen LogP contribution in [0.2, 0.25) is 0 Å². The van der Waals surface area contributed by atoms with Crippen LogP contribution in [-0.2, 0) is 4.74 Å². The van der Waals surface area contributed by atoms with Gasteiger partial charge in [0.15, 0.2) is 0 Å². The van der Waals surface area contributed by atoms with Gasteiger partial charge in [0.05, 0.1) is 6.33 Å². The summed E-state index contributed by atoms with van der Waals surface area (Å²) in [7, 11) is 1.75. The van der Waals surface area contributed by atoms with Crippen molar-refractivity contribution in [3.8, 4) is 5.69 Å². The predicted octanol–water partition coefficient (Wildman–Crippen LogP) is 2.95. The van der Waals surface area contributed by atoms with Crippen LogP contribution in [0.3, 0.4) is 0 Å². The molecule has 1 N–H and O–H groups in total. The molecule has 1 aromatic carbocycles. The summed E-state index contributed by atoms with van der Waals surface area (Å²) in [6.07, 6.45) is 7.80. The minimum atomic E-state index is 0.370. The Morgan fingerprint density at radius 1 is 1.25 bits per heavy atom. The Morgan fingerprint density at radius 3 is 2.70 bits per heavy atom. The van der Waals surface area contributed by atoms with E-state index in [-0.39, 0.29) is 0 Å². The van der Waals surface area contributed by atoms with Crippen molar-refractivity contribution in [2.45, 2.75) is 25.8 Å². The van der Waals surface area contributed by atoms with Crippen LogP contribution >= 0.6 is 0 Å². The minimum Gasteiger partial charge on any atom is -0.385 e. The van der Waals surface area contributed by atoms with Gasteiger partial charge in [0, 0.05) is 37.8 Å². The highest BCUT2D eigenvalue weighted by atomic mass is 16.5. The van der Waals surface area contributed by atoms with Crippen LogP contribution < -0.4 is 5.32 Å². The van der Waals surface area contributed by atoms with Crippen molar-refractivity contribution in [2.24, 2.45) is 0 Å². The maximum absolute atomic E-state index is 5.05. The summed E-state index contributed by atoms with van der Waals surface area (Å²) in [4.78, 5) is 4.06. The summed E-state index contributed by atoms with van der Waals surface area (Å²) in [5.74, 6) is 0. The van der Waals surface area contributed by atoms with Gasteiger partial charge in [-0.3, -0.25) is 0 Å². The molecule has 0 amide bonds. The zero-order valence-electron chi connectivity index (χ0n) is 12.2. The summed E-state index contributed by atoms with van der Waals surface area (Å²) in [5.41, 5.74) is 2.44. The van der Waals surface area contributed by atoms with Gasteiger partial charge >= 0.3 is 0 Å². The lowest BCUT2D eigenvalue weighted by Crippen LogP contribution is -2.20. The Balaban J connectivity index is 1.83. The summed E-state index contributed by atoms with van der Waals surface area (Å²) < 4.78 is 7.05. The summed E-state index contributed by atoms with van der Waals surface area (Å²) in [5, 5.41) is 3.54. The fourth-order valence-electron chi connectivity index (χ4n) is 2.15. The number of aromatic nitrogens is 2. The van der Waals surface area contributed by atoms with Crippen molar-refractivity contribution in [3.05, 3.63) is 48.5 Å². The molecular weight excluding hydrogens is 250 g/mol. The summed E-state index contributed by atoms with van der Waals surface area (Å²) in [6, 6.07) is 8.96. The minimum absolute atomic E-state index is 0.370. The lowest BCUT2D eigenvalue weighted by molar-refractivity contribution is 0.192. The maximum atomic E-state index is 5.05. The van der Waals surface area contributed by atoms with Crippen molar-refractivity contribution in [2.75, 3.05) is 20.3 Å². The first-order chi connectivity index (χ1) is 9.81. The van der Waals surface area contributed by atoms with Gasteiger partial charge in [-0.25, -0.2) is 4.98 Å². The molecule has 1 unspecified atom stereocenters. The monoisotopic (exact) mass is 273 g/mol. The molecule has 0 saturated carbocycles. The van der Waals surface area contributed by atoms with Crippen LogP contribution in [0.5, 0.6) is 0 Å². The smallest absolute Gasteiger partial charge is 0.0991 e. The van der Waals surface area contributed by atoms with E-state index in [1.165, 1.54) is 5.56 Å². The van der Waals surface area contributed by atoms with Crippen molar-refractivity contribution in [1.29, 1.82) is 0 Å². The van der Waals surface area contributed by atoms with E-state index in [1.54, 1.807) is 13.3 Å². The van der Waals surface area contributed by atoms with Crippen LogP contribution in [0.25, 0.3) is 5.69 Å². The van der Waals surface area contributed by atoms with Crippen LogP contribution in [0.1, 0.15) is 31.4 Å². The van der Waals surface area contributed by atoms with E-state index in [0.717, 1.165) is 31.7 Å². The number of imidazole rings is 1. The molecule has 2 aromatic rings. The number of nitrogens with one attached hydrogen (secondary N) is 1. The van der Waals surface area contributed by atoms with E-state index in [0.29, 0.717) is 6.04 Å². The van der Waals surface area contributed by atoms with Crippen LogP contribution in [0.15, 0.2) is 43.0 Å². The van der Waals surface area contributed by atoms with E-state index in [2.05, 4.69) is 41.5 Å². The molecular formula is C16H23N3O. The van der Waals surface area contributed by atoms with Gasteiger partial charge in [-0.05, 0) is 44.0 Å². The molecule has 4 nitrogen and oxygen atoms in total. The highest BCUT2D eigenvalue weighted by molar-refractivity contribution is 5.35. The lowest BCUT2D eigenvalue weighted by Gasteiger charge is -2.15. The molecule has 20 heavy (non-hydrogen) atoms. The predicted molar refractivity (Wildman–Crippen MR) is 81.1 cm³/mol. The average molecular weight is 273 g/mol. The highest BCUT2D eigenvalue weighted by Gasteiger charge is 2.04. The SMILES string of the molecule is COCCCCNC(C)c1ccc(-n2ccnc2)cc1. The number of hydrogen-bond acceptors (Lipinski definition) is 3. The topological polar surface area (TPSA) is 39.1 Å². The largest absolute Gasteiger partial charge is 0.385 e. The van der Waals surface area contributed by atoms with Gasteiger partial charge in [-0.1, -0.05) is 12.1 Å². The van der Waals surface area contributed by atoms with Gasteiger partial charge < -0.3 is 14.6 Å². The molecule has 0 aliphatic heterocycles. The molecule has 0 aliphatic rings. The second-order valence-corrected chi connectivity index (χ2v) is 4.94. The lowest BCUT2D eigenvalue weighted by atomic mass is 10.1. The van der Waals surface area contributed by atoms with Crippen LogP contribution in [-0.4, -0.2) is 29.8 Å². The van der Waals surface area contributed by atoms with Gasteiger partial charge in [-0.15, -0.1) is 0 Å². The number of ether oxygens (including phenoxy) is 1. The fraction of sp³-hybridized carbons (Fsp3) is 0.438. The van der Waals surface area contributed by atoms with Gasteiger partial charge in [0.25, 0.3) is 0 Å². The van der Waals surface area contributed by atoms with Gasteiger partial charge in [0.1, 0.15) is 0 Å². The second kappa shape index (κ2) is 7.82. The molecule has 1 aromatic heterocycles. The Hall–Kier alpha value is -1.65. The van der Waals surface area contributed by atoms with Gasteiger partial charge in [-0.2, -0.15) is 0 Å². The molecule has 2 rings (SSSR count). The second-order valence-electron chi connectivity index (χ2n) is 4.94. The average Bonchev–Trinajstić information content (AvgIpc) is 3.01. The zero-order valence-corrected chi connectivity index (χ0v) is 12.2. The molecule has 108 valence electrons. The van der Waals surface area contributed by atoms with Crippen molar-refractivity contribution >= 4 is 0 Å². The molecule has 0 radical (unpaired) electrons. The standard InChI is InChI=1S/C16H23N3O/c1-14(18-9-3-4-12-20-2)15-5-7-16(8-6-15)19-11-10-17-13-19/h5-8,10-11,13-14,18H,3-4,9,12H2,1-2H3.